The van der Waals surface area contributed by atoms with E-state index in [9.17, 15) is 14.0 Å². The van der Waals surface area contributed by atoms with E-state index < -0.39 is 11.8 Å². The Hall–Kier alpha value is -3.58. The molecule has 0 aliphatic carbocycles. The van der Waals surface area contributed by atoms with Crippen LogP contribution in [0, 0.1) is 5.82 Å². The van der Waals surface area contributed by atoms with Crippen LogP contribution in [0.5, 0.6) is 0 Å². The molecule has 0 aliphatic rings. The molecule has 1 aromatic heterocycles. The lowest BCUT2D eigenvalue weighted by Crippen LogP contribution is -2.21. The third-order valence-corrected chi connectivity index (χ3v) is 3.86. The fourth-order valence-corrected chi connectivity index (χ4v) is 2.44. The van der Waals surface area contributed by atoms with Gasteiger partial charge in [0.15, 0.2) is 0 Å². The van der Waals surface area contributed by atoms with Crippen molar-refractivity contribution in [3.63, 3.8) is 0 Å². The Labute approximate surface area is 165 Å². The summed E-state index contributed by atoms with van der Waals surface area (Å²) in [5.74, 6) is -1.41. The quantitative estimate of drug-likeness (QED) is 0.507. The Morgan fingerprint density at radius 3 is 2.54 bits per heavy atom. The molecule has 0 radical (unpaired) electrons. The maximum Gasteiger partial charge on any atom is 0.274 e. The molecule has 3 aromatic rings. The molecule has 8 heteroatoms. The smallest absolute Gasteiger partial charge is 0.274 e. The first-order valence-electron chi connectivity index (χ1n) is 8.14. The Morgan fingerprint density at radius 2 is 1.82 bits per heavy atom. The minimum absolute atomic E-state index is 0.132. The molecule has 1 heterocycles. The Kier molecular flexibility index (Phi) is 6.08. The summed E-state index contributed by atoms with van der Waals surface area (Å²) in [6, 6.07) is 15.0. The number of halogens is 2. The molecule has 140 valence electrons. The van der Waals surface area contributed by atoms with Crippen molar-refractivity contribution in [1.29, 1.82) is 0 Å². The van der Waals surface area contributed by atoms with Crippen molar-refractivity contribution >= 4 is 35.3 Å². The van der Waals surface area contributed by atoms with Crippen LogP contribution in [0.1, 0.15) is 26.4 Å². The Balaban J connectivity index is 1.75. The molecule has 0 spiro atoms. The number of anilines is 1. The highest BCUT2D eigenvalue weighted by Gasteiger charge is 2.15. The van der Waals surface area contributed by atoms with Gasteiger partial charge in [0.2, 0.25) is 0 Å². The van der Waals surface area contributed by atoms with Crippen molar-refractivity contribution in [2.75, 3.05) is 5.32 Å². The van der Waals surface area contributed by atoms with Gasteiger partial charge in [-0.3, -0.25) is 14.6 Å². The fourth-order valence-electron chi connectivity index (χ4n) is 2.27. The van der Waals surface area contributed by atoms with E-state index in [0.717, 1.165) is 0 Å². The molecule has 3 rings (SSSR count). The summed E-state index contributed by atoms with van der Waals surface area (Å²) in [6.45, 7) is 0. The molecule has 0 atom stereocenters. The zero-order valence-electron chi connectivity index (χ0n) is 14.4. The number of benzene rings is 2. The minimum Gasteiger partial charge on any atom is -0.320 e. The van der Waals surface area contributed by atoms with E-state index in [1.54, 1.807) is 24.3 Å². The van der Waals surface area contributed by atoms with Gasteiger partial charge in [0.1, 0.15) is 11.5 Å². The van der Waals surface area contributed by atoms with Gasteiger partial charge in [0, 0.05) is 11.2 Å². The molecule has 0 saturated carbocycles. The van der Waals surface area contributed by atoms with Gasteiger partial charge >= 0.3 is 0 Å². The number of amides is 2. The van der Waals surface area contributed by atoms with E-state index in [-0.39, 0.29) is 22.8 Å². The van der Waals surface area contributed by atoms with Gasteiger partial charge in [-0.15, -0.1) is 0 Å². The summed E-state index contributed by atoms with van der Waals surface area (Å²) in [4.78, 5) is 28.7. The van der Waals surface area contributed by atoms with Crippen LogP contribution >= 0.6 is 11.6 Å². The van der Waals surface area contributed by atoms with Crippen molar-refractivity contribution < 1.29 is 14.0 Å². The maximum atomic E-state index is 12.9. The van der Waals surface area contributed by atoms with Crippen LogP contribution in [0.4, 0.5) is 10.1 Å². The number of hydrogen-bond donors (Lipinski definition) is 2. The SMILES string of the molecule is O=C(Nc1ccc(Cl)cc1C(=O)NN=Cc1ccc(F)cc1)c1ccccn1. The average molecular weight is 397 g/mol. The van der Waals surface area contributed by atoms with Crippen molar-refractivity contribution in [3.05, 3.63) is 94.5 Å². The fraction of sp³-hybridized carbons (Fsp3) is 0. The molecule has 2 amide bonds. The highest BCUT2D eigenvalue weighted by molar-refractivity contribution is 6.31. The van der Waals surface area contributed by atoms with Gasteiger partial charge < -0.3 is 5.32 Å². The second kappa shape index (κ2) is 8.88. The van der Waals surface area contributed by atoms with E-state index in [1.807, 2.05) is 0 Å². The minimum atomic E-state index is -0.572. The van der Waals surface area contributed by atoms with Gasteiger partial charge in [0.05, 0.1) is 17.5 Å². The molecular weight excluding hydrogens is 383 g/mol. The van der Waals surface area contributed by atoms with E-state index in [2.05, 4.69) is 20.8 Å². The Bertz CT molecular complexity index is 1020. The van der Waals surface area contributed by atoms with Crippen molar-refractivity contribution in [2.45, 2.75) is 0 Å². The van der Waals surface area contributed by atoms with Crippen LogP contribution < -0.4 is 10.7 Å². The van der Waals surface area contributed by atoms with Crippen LogP contribution in [-0.2, 0) is 0 Å². The number of carbonyl (C=O) groups is 2. The zero-order chi connectivity index (χ0) is 19.9. The molecular formula is C20H14ClFN4O2. The average Bonchev–Trinajstić information content (AvgIpc) is 2.71. The van der Waals surface area contributed by atoms with Gasteiger partial charge in [-0.05, 0) is 48.0 Å². The number of hydrogen-bond acceptors (Lipinski definition) is 4. The normalized spacial score (nSPS) is 10.6. The van der Waals surface area contributed by atoms with Crippen molar-refractivity contribution in [2.24, 2.45) is 5.10 Å². The maximum absolute atomic E-state index is 12.9. The van der Waals surface area contributed by atoms with Crippen molar-refractivity contribution in [3.8, 4) is 0 Å². The summed E-state index contributed by atoms with van der Waals surface area (Å²) < 4.78 is 12.9. The highest BCUT2D eigenvalue weighted by Crippen LogP contribution is 2.21. The summed E-state index contributed by atoms with van der Waals surface area (Å²) in [6.07, 6.45) is 2.86. The van der Waals surface area contributed by atoms with Crippen LogP contribution in [0.3, 0.4) is 0 Å². The lowest BCUT2D eigenvalue weighted by Gasteiger charge is -2.10. The molecule has 0 aliphatic heterocycles. The lowest BCUT2D eigenvalue weighted by molar-refractivity contribution is 0.0956. The number of nitrogens with zero attached hydrogens (tertiary/aromatic N) is 2. The molecule has 0 fully saturated rings. The van der Waals surface area contributed by atoms with Crippen LogP contribution in [0.15, 0.2) is 72.0 Å². The van der Waals surface area contributed by atoms with Gasteiger partial charge in [-0.2, -0.15) is 5.10 Å². The van der Waals surface area contributed by atoms with Gasteiger partial charge in [0.25, 0.3) is 11.8 Å². The van der Waals surface area contributed by atoms with E-state index in [1.165, 1.54) is 48.8 Å². The topological polar surface area (TPSA) is 83.5 Å². The lowest BCUT2D eigenvalue weighted by atomic mass is 10.1. The second-order valence-corrected chi connectivity index (χ2v) is 6.05. The monoisotopic (exact) mass is 396 g/mol. The number of hydrazone groups is 1. The number of pyridine rings is 1. The number of aromatic nitrogens is 1. The van der Waals surface area contributed by atoms with Gasteiger partial charge in [-0.1, -0.05) is 29.8 Å². The number of rotatable bonds is 5. The number of nitrogens with one attached hydrogen (secondary N) is 2. The number of carbonyl (C=O) groups excluding carboxylic acids is 2. The van der Waals surface area contributed by atoms with E-state index in [0.29, 0.717) is 10.6 Å². The summed E-state index contributed by atoms with van der Waals surface area (Å²) >= 11 is 5.98. The zero-order valence-corrected chi connectivity index (χ0v) is 15.2. The molecule has 2 aromatic carbocycles. The summed E-state index contributed by atoms with van der Waals surface area (Å²) in [5, 5.41) is 6.80. The van der Waals surface area contributed by atoms with Crippen LogP contribution in [0.25, 0.3) is 0 Å². The van der Waals surface area contributed by atoms with E-state index in [4.69, 9.17) is 11.6 Å². The molecule has 28 heavy (non-hydrogen) atoms. The third kappa shape index (κ3) is 4.99. The molecule has 0 saturated heterocycles. The Morgan fingerprint density at radius 1 is 1.04 bits per heavy atom. The first-order valence-corrected chi connectivity index (χ1v) is 8.51. The third-order valence-electron chi connectivity index (χ3n) is 3.62. The summed E-state index contributed by atoms with van der Waals surface area (Å²) in [5.41, 5.74) is 3.56. The van der Waals surface area contributed by atoms with Crippen LogP contribution in [-0.4, -0.2) is 23.0 Å². The second-order valence-electron chi connectivity index (χ2n) is 5.61. The molecule has 6 nitrogen and oxygen atoms in total. The van der Waals surface area contributed by atoms with Crippen LogP contribution in [0.2, 0.25) is 5.02 Å². The van der Waals surface area contributed by atoms with E-state index >= 15 is 0 Å². The largest absolute Gasteiger partial charge is 0.320 e. The first kappa shape index (κ1) is 19.2. The highest BCUT2D eigenvalue weighted by atomic mass is 35.5. The first-order chi connectivity index (χ1) is 13.5. The predicted molar refractivity (Wildman–Crippen MR) is 105 cm³/mol. The van der Waals surface area contributed by atoms with Crippen molar-refractivity contribution in [1.82, 2.24) is 10.4 Å². The predicted octanol–water partition coefficient (Wildman–Crippen LogP) is 3.89. The summed E-state index contributed by atoms with van der Waals surface area (Å²) in [7, 11) is 0. The molecule has 2 N–H and O–H groups in total. The van der Waals surface area contributed by atoms with Gasteiger partial charge in [-0.25, -0.2) is 9.82 Å². The molecule has 0 unspecified atom stereocenters. The standard InChI is InChI=1S/C20H14ClFN4O2/c21-14-6-9-17(25-20(28)18-3-1-2-10-23-18)16(11-14)19(27)26-24-12-13-4-7-15(22)8-5-13/h1-12H,(H,25,28)(H,26,27). The molecule has 0 bridgehead atoms.